The first-order chi connectivity index (χ1) is 17.8. The van der Waals surface area contributed by atoms with Crippen LogP contribution in [-0.4, -0.2) is 47.6 Å². The molecule has 2 saturated carbocycles. The van der Waals surface area contributed by atoms with Crippen molar-refractivity contribution in [2.45, 2.75) is 64.5 Å². The Morgan fingerprint density at radius 1 is 1.05 bits per heavy atom. The number of amides is 2. The van der Waals surface area contributed by atoms with E-state index in [1.54, 1.807) is 12.3 Å². The molecule has 8 nitrogen and oxygen atoms in total. The first-order valence-electron chi connectivity index (χ1n) is 12.9. The van der Waals surface area contributed by atoms with Gasteiger partial charge in [-0.05, 0) is 63.5 Å². The molecule has 5 rings (SSSR count). The van der Waals surface area contributed by atoms with Crippen LogP contribution in [0.4, 0.5) is 4.39 Å². The smallest absolute Gasteiger partial charge is 0.255 e. The predicted molar refractivity (Wildman–Crippen MR) is 138 cm³/mol. The first kappa shape index (κ1) is 25.0. The number of aromatic nitrogens is 2. The van der Waals surface area contributed by atoms with Gasteiger partial charge in [-0.25, -0.2) is 4.39 Å². The number of aryl methyl sites for hydroxylation is 1. The van der Waals surface area contributed by atoms with Crippen LogP contribution in [-0.2, 0) is 4.79 Å². The Balaban J connectivity index is 1.43. The van der Waals surface area contributed by atoms with Crippen LogP contribution in [0.1, 0.15) is 61.5 Å². The molecule has 196 valence electrons. The number of aromatic amines is 1. The third kappa shape index (κ3) is 5.40. The van der Waals surface area contributed by atoms with Crippen LogP contribution in [0.25, 0.3) is 22.2 Å². The quantitative estimate of drug-likeness (QED) is 0.411. The number of halogens is 1. The van der Waals surface area contributed by atoms with Gasteiger partial charge >= 0.3 is 0 Å². The average Bonchev–Trinajstić information content (AvgIpc) is 3.63. The minimum Gasteiger partial charge on any atom is -0.494 e. The van der Waals surface area contributed by atoms with Gasteiger partial charge in [-0.1, -0.05) is 0 Å². The first-order valence-corrected chi connectivity index (χ1v) is 12.9. The van der Waals surface area contributed by atoms with Crippen molar-refractivity contribution in [3.63, 3.8) is 0 Å². The van der Waals surface area contributed by atoms with Gasteiger partial charge in [0.2, 0.25) is 5.91 Å². The summed E-state index contributed by atoms with van der Waals surface area (Å²) in [5, 5.41) is 6.12. The van der Waals surface area contributed by atoms with Crippen molar-refractivity contribution in [1.29, 1.82) is 0 Å². The zero-order valence-corrected chi connectivity index (χ0v) is 21.4. The molecule has 0 aliphatic heterocycles. The van der Waals surface area contributed by atoms with Crippen molar-refractivity contribution in [2.75, 3.05) is 13.7 Å². The normalized spacial score (nSPS) is 19.5. The maximum atomic E-state index is 14.6. The summed E-state index contributed by atoms with van der Waals surface area (Å²) < 4.78 is 25.9. The fourth-order valence-electron chi connectivity index (χ4n) is 5.15. The molecule has 2 fully saturated rings. The maximum absolute atomic E-state index is 14.6. The van der Waals surface area contributed by atoms with Crippen molar-refractivity contribution in [1.82, 2.24) is 20.6 Å². The van der Waals surface area contributed by atoms with Crippen molar-refractivity contribution < 1.29 is 23.5 Å². The molecule has 0 radical (unpaired) electrons. The monoisotopic (exact) mass is 508 g/mol. The van der Waals surface area contributed by atoms with Gasteiger partial charge in [0, 0.05) is 48.1 Å². The van der Waals surface area contributed by atoms with Gasteiger partial charge in [-0.15, -0.1) is 0 Å². The highest BCUT2D eigenvalue weighted by atomic mass is 19.1. The van der Waals surface area contributed by atoms with E-state index in [-0.39, 0.29) is 29.6 Å². The standard InChI is InChI=1S/C28H33FN4O4/c1-15-25(28(35)33-19-8-6-18(7-9-19)32-16(2)34)27-26(31-15)20(10-11-30-27)21-12-24(36-3)22(29)13-23(21)37-14-17-4-5-17/h10-13,17-19,31H,4-9,14H2,1-3H3,(H,32,34)(H,33,35). The van der Waals surface area contributed by atoms with E-state index in [0.717, 1.165) is 44.1 Å². The number of methoxy groups -OCH3 is 1. The molecule has 2 aliphatic rings. The zero-order chi connectivity index (χ0) is 26.1. The van der Waals surface area contributed by atoms with Gasteiger partial charge in [-0.2, -0.15) is 0 Å². The minimum atomic E-state index is -0.488. The van der Waals surface area contributed by atoms with E-state index in [0.29, 0.717) is 46.1 Å². The minimum absolute atomic E-state index is 0.0244. The summed E-state index contributed by atoms with van der Waals surface area (Å²) in [5.41, 5.74) is 3.87. The van der Waals surface area contributed by atoms with Crippen molar-refractivity contribution >= 4 is 22.8 Å². The Morgan fingerprint density at radius 3 is 2.41 bits per heavy atom. The van der Waals surface area contributed by atoms with Crippen molar-refractivity contribution in [3.05, 3.63) is 41.5 Å². The van der Waals surface area contributed by atoms with E-state index in [2.05, 4.69) is 20.6 Å². The van der Waals surface area contributed by atoms with Crippen LogP contribution in [0.15, 0.2) is 24.4 Å². The second-order valence-electron chi connectivity index (χ2n) is 10.2. The van der Waals surface area contributed by atoms with Crippen LogP contribution in [0, 0.1) is 18.7 Å². The number of hydrogen-bond acceptors (Lipinski definition) is 5. The summed E-state index contributed by atoms with van der Waals surface area (Å²) in [4.78, 5) is 32.6. The predicted octanol–water partition coefficient (Wildman–Crippen LogP) is 4.65. The number of carbonyl (C=O) groups is 2. The maximum Gasteiger partial charge on any atom is 0.255 e. The van der Waals surface area contributed by atoms with Gasteiger partial charge in [0.15, 0.2) is 11.6 Å². The molecule has 0 atom stereocenters. The molecule has 0 unspecified atom stereocenters. The van der Waals surface area contributed by atoms with E-state index in [9.17, 15) is 14.0 Å². The second-order valence-corrected chi connectivity index (χ2v) is 10.2. The Bertz CT molecular complexity index is 1330. The van der Waals surface area contributed by atoms with E-state index < -0.39 is 5.82 Å². The highest BCUT2D eigenvalue weighted by molar-refractivity contribution is 6.09. The molecule has 2 amide bonds. The third-order valence-corrected chi connectivity index (χ3v) is 7.29. The summed E-state index contributed by atoms with van der Waals surface area (Å²) in [6.07, 6.45) is 7.15. The number of pyridine rings is 1. The molecule has 3 N–H and O–H groups in total. The number of nitrogens with one attached hydrogen (secondary N) is 3. The lowest BCUT2D eigenvalue weighted by Crippen LogP contribution is -2.43. The van der Waals surface area contributed by atoms with Crippen LogP contribution in [0.2, 0.25) is 0 Å². The molecule has 2 heterocycles. The fraction of sp³-hybridized carbons (Fsp3) is 0.464. The Morgan fingerprint density at radius 2 is 1.76 bits per heavy atom. The SMILES string of the molecule is COc1cc(-c2ccnc3c(C(=O)NC4CCC(NC(C)=O)CC4)c(C)[nH]c23)c(OCC2CC2)cc1F. The number of H-pyrrole nitrogens is 1. The van der Waals surface area contributed by atoms with Gasteiger partial charge in [0.25, 0.3) is 5.91 Å². The van der Waals surface area contributed by atoms with Crippen LogP contribution in [0.3, 0.4) is 0 Å². The Hall–Kier alpha value is -3.62. The highest BCUT2D eigenvalue weighted by Crippen LogP contribution is 2.40. The molecule has 1 aromatic carbocycles. The van der Waals surface area contributed by atoms with Gasteiger partial charge in [0.1, 0.15) is 11.3 Å². The topological polar surface area (TPSA) is 105 Å². The van der Waals surface area contributed by atoms with E-state index in [1.165, 1.54) is 20.1 Å². The van der Waals surface area contributed by atoms with Crippen LogP contribution in [0.5, 0.6) is 11.5 Å². The molecule has 3 aromatic rings. The van der Waals surface area contributed by atoms with Gasteiger partial charge in [-0.3, -0.25) is 14.6 Å². The third-order valence-electron chi connectivity index (χ3n) is 7.29. The average molecular weight is 509 g/mol. The number of carbonyl (C=O) groups excluding carboxylic acids is 2. The summed E-state index contributed by atoms with van der Waals surface area (Å²) in [5.74, 6) is 0.369. The van der Waals surface area contributed by atoms with Crippen LogP contribution < -0.4 is 20.1 Å². The molecular formula is C28H33FN4O4. The zero-order valence-electron chi connectivity index (χ0n) is 21.4. The van der Waals surface area contributed by atoms with Crippen LogP contribution >= 0.6 is 0 Å². The lowest BCUT2D eigenvalue weighted by Gasteiger charge is -2.29. The largest absolute Gasteiger partial charge is 0.494 e. The number of rotatable bonds is 8. The molecule has 2 aromatic heterocycles. The number of nitrogens with zero attached hydrogens (tertiary/aromatic N) is 1. The summed E-state index contributed by atoms with van der Waals surface area (Å²) in [6, 6.07) is 5.03. The summed E-state index contributed by atoms with van der Waals surface area (Å²) in [7, 11) is 1.43. The fourth-order valence-corrected chi connectivity index (χ4v) is 5.15. The highest BCUT2D eigenvalue weighted by Gasteiger charge is 2.27. The van der Waals surface area contributed by atoms with Gasteiger partial charge in [0.05, 0.1) is 24.8 Å². The molecule has 2 aliphatic carbocycles. The Kier molecular flexibility index (Phi) is 7.04. The lowest BCUT2D eigenvalue weighted by molar-refractivity contribution is -0.119. The molecule has 0 bridgehead atoms. The van der Waals surface area contributed by atoms with Gasteiger partial charge < -0.3 is 25.1 Å². The molecule has 0 saturated heterocycles. The number of hydrogen-bond donors (Lipinski definition) is 3. The molecule has 37 heavy (non-hydrogen) atoms. The summed E-state index contributed by atoms with van der Waals surface area (Å²) in [6.45, 7) is 3.91. The van der Waals surface area contributed by atoms with E-state index >= 15 is 0 Å². The number of ether oxygens (including phenoxy) is 2. The lowest BCUT2D eigenvalue weighted by atomic mass is 9.91. The number of fused-ring (bicyclic) bond motifs is 1. The van der Waals surface area contributed by atoms with Crippen molar-refractivity contribution in [3.8, 4) is 22.6 Å². The van der Waals surface area contributed by atoms with Crippen molar-refractivity contribution in [2.24, 2.45) is 5.92 Å². The van der Waals surface area contributed by atoms with E-state index in [1.807, 2.05) is 13.0 Å². The molecular weight excluding hydrogens is 475 g/mol. The Labute approximate surface area is 215 Å². The number of benzene rings is 1. The molecule has 0 spiro atoms. The van der Waals surface area contributed by atoms with E-state index in [4.69, 9.17) is 9.47 Å². The molecule has 9 heteroatoms. The second kappa shape index (κ2) is 10.4. The summed E-state index contributed by atoms with van der Waals surface area (Å²) >= 11 is 0.